The zero-order valence-corrected chi connectivity index (χ0v) is 11.9. The second-order valence-electron chi connectivity index (χ2n) is 5.05. The minimum Gasteiger partial charge on any atom is -0.492 e. The number of ketones is 1. The molecule has 100 valence electrons. The summed E-state index contributed by atoms with van der Waals surface area (Å²) in [5, 5.41) is 0.466. The Morgan fingerprint density at radius 2 is 2.11 bits per heavy atom. The summed E-state index contributed by atoms with van der Waals surface area (Å²) in [5.41, 5.74) is 6.04. The molecule has 0 fully saturated rings. The van der Waals surface area contributed by atoms with Crippen molar-refractivity contribution < 1.29 is 9.53 Å². The number of hydrogen-bond acceptors (Lipinski definition) is 3. The summed E-state index contributed by atoms with van der Waals surface area (Å²) < 4.78 is 5.33. The first-order valence-electron chi connectivity index (χ1n) is 6.05. The van der Waals surface area contributed by atoms with Gasteiger partial charge in [0.1, 0.15) is 5.75 Å². The maximum atomic E-state index is 12.1. The number of carbonyl (C=O) groups is 1. The van der Waals surface area contributed by atoms with Crippen molar-refractivity contribution in [1.82, 2.24) is 0 Å². The molecule has 0 aliphatic rings. The Hall–Kier alpha value is -1.06. The van der Waals surface area contributed by atoms with Crippen LogP contribution in [0.5, 0.6) is 5.75 Å². The summed E-state index contributed by atoms with van der Waals surface area (Å²) in [6, 6.07) is 5.13. The Bertz CT molecular complexity index is 430. The minimum absolute atomic E-state index is 0.0513. The van der Waals surface area contributed by atoms with Gasteiger partial charge in [-0.15, -0.1) is 0 Å². The highest BCUT2D eigenvalue weighted by Crippen LogP contribution is 2.28. The molecule has 0 unspecified atom stereocenters. The number of halogens is 1. The molecule has 2 N–H and O–H groups in total. The Morgan fingerprint density at radius 3 is 2.61 bits per heavy atom. The van der Waals surface area contributed by atoms with Gasteiger partial charge >= 0.3 is 0 Å². The molecule has 1 rings (SSSR count). The molecule has 3 nitrogen and oxygen atoms in total. The predicted octanol–water partition coefficient (Wildman–Crippen LogP) is 3.30. The Balaban J connectivity index is 2.85. The smallest absolute Gasteiger partial charge is 0.163 e. The summed E-state index contributed by atoms with van der Waals surface area (Å²) in [5.74, 6) is 0.657. The molecule has 0 radical (unpaired) electrons. The summed E-state index contributed by atoms with van der Waals surface area (Å²) >= 11 is 6.06. The molecule has 0 aliphatic heterocycles. The van der Waals surface area contributed by atoms with Gasteiger partial charge in [-0.05, 0) is 37.1 Å². The van der Waals surface area contributed by atoms with Gasteiger partial charge in [-0.25, -0.2) is 0 Å². The van der Waals surface area contributed by atoms with Gasteiger partial charge in [0.2, 0.25) is 0 Å². The normalized spacial score (nSPS) is 11.4. The highest BCUT2D eigenvalue weighted by molar-refractivity contribution is 6.32. The van der Waals surface area contributed by atoms with Gasteiger partial charge in [-0.2, -0.15) is 0 Å². The molecule has 18 heavy (non-hydrogen) atoms. The molecule has 0 saturated heterocycles. The van der Waals surface area contributed by atoms with E-state index in [9.17, 15) is 4.79 Å². The van der Waals surface area contributed by atoms with E-state index in [-0.39, 0.29) is 11.2 Å². The van der Waals surface area contributed by atoms with E-state index in [2.05, 4.69) is 0 Å². The van der Waals surface area contributed by atoms with Crippen molar-refractivity contribution >= 4 is 17.4 Å². The minimum atomic E-state index is -0.192. The van der Waals surface area contributed by atoms with E-state index in [1.165, 1.54) is 0 Å². The summed E-state index contributed by atoms with van der Waals surface area (Å²) in [7, 11) is 0. The van der Waals surface area contributed by atoms with Crippen LogP contribution in [0.3, 0.4) is 0 Å². The average molecular weight is 270 g/mol. The van der Waals surface area contributed by atoms with Crippen LogP contribution in [0.2, 0.25) is 5.02 Å². The molecule has 1 aromatic rings. The van der Waals surface area contributed by atoms with Crippen molar-refractivity contribution in [2.24, 2.45) is 11.1 Å². The molecule has 4 heteroatoms. The van der Waals surface area contributed by atoms with Crippen LogP contribution in [0, 0.1) is 5.41 Å². The molecule has 0 aliphatic carbocycles. The van der Waals surface area contributed by atoms with Crippen molar-refractivity contribution in [2.45, 2.75) is 27.2 Å². The highest BCUT2D eigenvalue weighted by Gasteiger charge is 2.21. The lowest BCUT2D eigenvalue weighted by Crippen LogP contribution is -2.26. The Kier molecular flexibility index (Phi) is 5.17. The van der Waals surface area contributed by atoms with Gasteiger partial charge in [0.15, 0.2) is 5.78 Å². The fraction of sp³-hybridized carbons (Fsp3) is 0.500. The van der Waals surface area contributed by atoms with Crippen LogP contribution >= 0.6 is 11.6 Å². The number of benzene rings is 1. The van der Waals surface area contributed by atoms with Crippen molar-refractivity contribution in [3.05, 3.63) is 28.8 Å². The van der Waals surface area contributed by atoms with Gasteiger partial charge in [0, 0.05) is 12.0 Å². The first-order chi connectivity index (χ1) is 8.39. The molecular weight excluding hydrogens is 250 g/mol. The van der Waals surface area contributed by atoms with E-state index in [1.54, 1.807) is 18.2 Å². The van der Waals surface area contributed by atoms with Crippen LogP contribution in [-0.4, -0.2) is 18.9 Å². The van der Waals surface area contributed by atoms with E-state index in [0.29, 0.717) is 35.9 Å². The quantitative estimate of drug-likeness (QED) is 0.806. The second-order valence-corrected chi connectivity index (χ2v) is 5.45. The van der Waals surface area contributed by atoms with Crippen molar-refractivity contribution in [3.63, 3.8) is 0 Å². The number of nitrogens with two attached hydrogens (primary N) is 1. The van der Waals surface area contributed by atoms with E-state index in [4.69, 9.17) is 22.1 Å². The van der Waals surface area contributed by atoms with Crippen LogP contribution in [0.4, 0.5) is 0 Å². The fourth-order valence-electron chi connectivity index (χ4n) is 1.56. The van der Waals surface area contributed by atoms with Gasteiger partial charge in [-0.1, -0.05) is 25.4 Å². The predicted molar refractivity (Wildman–Crippen MR) is 74.4 cm³/mol. The van der Waals surface area contributed by atoms with Crippen LogP contribution in [0.1, 0.15) is 37.6 Å². The third-order valence-electron chi connectivity index (χ3n) is 2.75. The van der Waals surface area contributed by atoms with Crippen molar-refractivity contribution in [1.29, 1.82) is 0 Å². The first kappa shape index (κ1) is 15.0. The average Bonchev–Trinajstić information content (AvgIpc) is 2.31. The van der Waals surface area contributed by atoms with Crippen LogP contribution in [0.15, 0.2) is 18.2 Å². The first-order valence-corrected chi connectivity index (χ1v) is 6.43. The summed E-state index contributed by atoms with van der Waals surface area (Å²) in [4.78, 5) is 12.1. The van der Waals surface area contributed by atoms with E-state index in [1.807, 2.05) is 20.8 Å². The Labute approximate surface area is 113 Å². The van der Waals surface area contributed by atoms with E-state index < -0.39 is 0 Å². The number of carbonyl (C=O) groups excluding carboxylic acids is 1. The van der Waals surface area contributed by atoms with Crippen LogP contribution in [-0.2, 0) is 0 Å². The van der Waals surface area contributed by atoms with Crippen molar-refractivity contribution in [3.8, 4) is 5.75 Å². The number of hydrogen-bond donors (Lipinski definition) is 1. The number of ether oxygens (including phenoxy) is 1. The number of rotatable bonds is 6. The molecule has 0 spiro atoms. The zero-order valence-electron chi connectivity index (χ0n) is 11.1. The van der Waals surface area contributed by atoms with Gasteiger partial charge in [-0.3, -0.25) is 4.79 Å². The van der Waals surface area contributed by atoms with Crippen LogP contribution < -0.4 is 10.5 Å². The number of Topliss-reactive ketones (excluding diaryl/α,β-unsaturated/α-hetero) is 1. The molecule has 0 amide bonds. The topological polar surface area (TPSA) is 52.3 Å². The molecule has 1 aromatic carbocycles. The molecular formula is C14H20ClNO2. The highest BCUT2D eigenvalue weighted by atomic mass is 35.5. The summed E-state index contributed by atoms with van der Waals surface area (Å²) in [6.07, 6.45) is 0.411. The largest absolute Gasteiger partial charge is 0.492 e. The van der Waals surface area contributed by atoms with Gasteiger partial charge in [0.05, 0.1) is 11.6 Å². The molecule has 0 bridgehead atoms. The molecule has 0 aromatic heterocycles. The lowest BCUT2D eigenvalue weighted by atomic mass is 9.86. The third kappa shape index (κ3) is 4.00. The maximum absolute atomic E-state index is 12.1. The lowest BCUT2D eigenvalue weighted by molar-refractivity contribution is 0.0935. The monoisotopic (exact) mass is 269 g/mol. The van der Waals surface area contributed by atoms with E-state index >= 15 is 0 Å². The lowest BCUT2D eigenvalue weighted by Gasteiger charge is -2.21. The Morgan fingerprint density at radius 1 is 1.44 bits per heavy atom. The molecule has 0 heterocycles. The SMILES string of the molecule is CCOc1ccc(C(=O)CC(C)(C)CN)cc1Cl. The third-order valence-corrected chi connectivity index (χ3v) is 3.04. The van der Waals surface area contributed by atoms with Crippen LogP contribution in [0.25, 0.3) is 0 Å². The molecule has 0 atom stereocenters. The van der Waals surface area contributed by atoms with Gasteiger partial charge < -0.3 is 10.5 Å². The maximum Gasteiger partial charge on any atom is 0.163 e. The fourth-order valence-corrected chi connectivity index (χ4v) is 1.79. The second kappa shape index (κ2) is 6.21. The van der Waals surface area contributed by atoms with E-state index in [0.717, 1.165) is 0 Å². The zero-order chi connectivity index (χ0) is 13.8. The summed E-state index contributed by atoms with van der Waals surface area (Å²) in [6.45, 7) is 6.86. The molecule has 0 saturated carbocycles. The van der Waals surface area contributed by atoms with Crippen molar-refractivity contribution in [2.75, 3.05) is 13.2 Å². The standard InChI is InChI=1S/C14H20ClNO2/c1-4-18-13-6-5-10(7-11(13)15)12(17)8-14(2,3)9-16/h5-7H,4,8-9,16H2,1-3H3. The van der Waals surface area contributed by atoms with Gasteiger partial charge in [0.25, 0.3) is 0 Å².